The first-order valence-electron chi connectivity index (χ1n) is 13.2. The number of ether oxygens (including phenoxy) is 1. The van der Waals surface area contributed by atoms with Crippen molar-refractivity contribution in [1.29, 1.82) is 0 Å². The highest BCUT2D eigenvalue weighted by atomic mass is 35.5. The molecule has 11 heteroatoms. The fraction of sp³-hybridized carbons (Fsp3) is 0.429. The number of aryl methyl sites for hydroxylation is 1. The SMILES string of the molecule is NC(=O)c1ccc2c(c1)CCC(=O)N2[C@@H](CC1CC1)C(=O)N1CCC[C@@]2(C1)OC(=O)Nc1ccc(Cl)c(F)c12. The third kappa shape index (κ3) is 4.50. The van der Waals surface area contributed by atoms with Gasteiger partial charge < -0.3 is 15.4 Å². The second kappa shape index (κ2) is 9.51. The molecule has 0 radical (unpaired) electrons. The van der Waals surface area contributed by atoms with E-state index in [2.05, 4.69) is 5.32 Å². The van der Waals surface area contributed by atoms with E-state index in [1.165, 1.54) is 12.1 Å². The van der Waals surface area contributed by atoms with Crippen LogP contribution >= 0.6 is 11.6 Å². The lowest BCUT2D eigenvalue weighted by Crippen LogP contribution is -2.59. The highest BCUT2D eigenvalue weighted by Gasteiger charge is 2.50. The number of anilines is 2. The summed E-state index contributed by atoms with van der Waals surface area (Å²) in [6.07, 6.45) is 3.15. The predicted octanol–water partition coefficient (Wildman–Crippen LogP) is 4.11. The van der Waals surface area contributed by atoms with E-state index in [1.54, 1.807) is 28.0 Å². The zero-order valence-electron chi connectivity index (χ0n) is 21.2. The number of likely N-dealkylation sites (tertiary alicyclic amines) is 1. The van der Waals surface area contributed by atoms with Gasteiger partial charge in [-0.05, 0) is 67.5 Å². The summed E-state index contributed by atoms with van der Waals surface area (Å²) in [5.74, 6) is -1.39. The lowest BCUT2D eigenvalue weighted by Gasteiger charge is -2.46. The Labute approximate surface area is 229 Å². The van der Waals surface area contributed by atoms with Crippen LogP contribution in [0.1, 0.15) is 60.0 Å². The zero-order chi connectivity index (χ0) is 27.5. The number of nitrogens with one attached hydrogen (secondary N) is 1. The molecule has 39 heavy (non-hydrogen) atoms. The maximum absolute atomic E-state index is 15.4. The molecule has 2 aromatic carbocycles. The van der Waals surface area contributed by atoms with Gasteiger partial charge in [-0.1, -0.05) is 24.4 Å². The van der Waals surface area contributed by atoms with Crippen LogP contribution in [0.3, 0.4) is 0 Å². The van der Waals surface area contributed by atoms with E-state index in [4.69, 9.17) is 22.1 Å². The first-order valence-corrected chi connectivity index (χ1v) is 13.6. The summed E-state index contributed by atoms with van der Waals surface area (Å²) in [5.41, 5.74) is 6.19. The minimum absolute atomic E-state index is 0.0554. The van der Waals surface area contributed by atoms with Crippen LogP contribution in [0.25, 0.3) is 0 Å². The molecular formula is C28H28ClFN4O5. The molecule has 4 aliphatic rings. The zero-order valence-corrected chi connectivity index (χ0v) is 21.9. The van der Waals surface area contributed by atoms with Gasteiger partial charge >= 0.3 is 6.09 Å². The number of hydrogen-bond acceptors (Lipinski definition) is 5. The Kier molecular flexibility index (Phi) is 6.25. The normalized spacial score (nSPS) is 23.0. The van der Waals surface area contributed by atoms with Crippen LogP contribution in [0, 0.1) is 11.7 Å². The average molecular weight is 555 g/mol. The third-order valence-electron chi connectivity index (χ3n) is 8.19. The van der Waals surface area contributed by atoms with E-state index in [1.807, 2.05) is 0 Å². The van der Waals surface area contributed by atoms with Gasteiger partial charge in [0.25, 0.3) is 0 Å². The first kappa shape index (κ1) is 25.6. The van der Waals surface area contributed by atoms with Gasteiger partial charge in [0.2, 0.25) is 17.7 Å². The fourth-order valence-electron chi connectivity index (χ4n) is 6.17. The molecule has 6 rings (SSSR count). The summed E-state index contributed by atoms with van der Waals surface area (Å²) in [6.45, 7) is 0.319. The molecule has 1 aliphatic carbocycles. The lowest BCUT2D eigenvalue weighted by molar-refractivity contribution is -0.142. The monoisotopic (exact) mass is 554 g/mol. The summed E-state index contributed by atoms with van der Waals surface area (Å²) >= 11 is 6.10. The van der Waals surface area contributed by atoms with Crippen molar-refractivity contribution in [2.45, 2.75) is 56.6 Å². The number of hydrogen-bond donors (Lipinski definition) is 2. The second-order valence-corrected chi connectivity index (χ2v) is 11.2. The molecule has 204 valence electrons. The van der Waals surface area contributed by atoms with Gasteiger partial charge in [0.15, 0.2) is 11.4 Å². The Balaban J connectivity index is 1.36. The second-order valence-electron chi connectivity index (χ2n) is 10.8. The van der Waals surface area contributed by atoms with Gasteiger partial charge in [0.1, 0.15) is 6.04 Å². The minimum atomic E-state index is -1.40. The smallest absolute Gasteiger partial charge is 0.412 e. The summed E-state index contributed by atoms with van der Waals surface area (Å²) in [7, 11) is 0. The largest absolute Gasteiger partial charge is 0.436 e. The quantitative estimate of drug-likeness (QED) is 0.576. The number of piperidine rings is 1. The van der Waals surface area contributed by atoms with E-state index < -0.39 is 29.5 Å². The molecule has 1 saturated carbocycles. The fourth-order valence-corrected chi connectivity index (χ4v) is 6.33. The number of nitrogens with two attached hydrogens (primary N) is 1. The molecule has 3 N–H and O–H groups in total. The maximum Gasteiger partial charge on any atom is 0.412 e. The minimum Gasteiger partial charge on any atom is -0.436 e. The molecular weight excluding hydrogens is 527 g/mol. The van der Waals surface area contributed by atoms with Gasteiger partial charge in [-0.2, -0.15) is 0 Å². The molecule has 2 atom stereocenters. The standard InChI is InChI=1S/C28H28ClFN4O5/c29-18-6-7-19-23(24(18)30)28(39-27(38)32-19)10-1-11-33(14-28)26(37)21(12-15-2-3-15)34-20-8-4-17(25(31)36)13-16(20)5-9-22(34)35/h4,6-8,13,15,21H,1-3,5,9-12,14H2,(H2,31,36)(H,32,38)/t21-,28-/m0/s1. The molecule has 0 bridgehead atoms. The molecule has 0 aromatic heterocycles. The van der Waals surface area contributed by atoms with Crippen molar-refractivity contribution in [2.24, 2.45) is 11.7 Å². The molecule has 4 amide bonds. The molecule has 1 spiro atoms. The Morgan fingerprint density at radius 2 is 2.00 bits per heavy atom. The predicted molar refractivity (Wildman–Crippen MR) is 141 cm³/mol. The van der Waals surface area contributed by atoms with Gasteiger partial charge in [-0.3, -0.25) is 24.6 Å². The Morgan fingerprint density at radius 3 is 2.74 bits per heavy atom. The average Bonchev–Trinajstić information content (AvgIpc) is 3.73. The van der Waals surface area contributed by atoms with Crippen molar-refractivity contribution in [3.05, 3.63) is 57.9 Å². The highest BCUT2D eigenvalue weighted by molar-refractivity contribution is 6.31. The Hall–Kier alpha value is -3.66. The summed E-state index contributed by atoms with van der Waals surface area (Å²) in [6, 6.07) is 7.06. The topological polar surface area (TPSA) is 122 Å². The lowest BCUT2D eigenvalue weighted by atomic mass is 9.82. The van der Waals surface area contributed by atoms with Crippen LogP contribution in [-0.2, 0) is 26.3 Å². The number of fused-ring (bicyclic) bond motifs is 3. The first-order chi connectivity index (χ1) is 18.7. The van der Waals surface area contributed by atoms with Gasteiger partial charge in [0, 0.05) is 24.2 Å². The van der Waals surface area contributed by atoms with Crippen molar-refractivity contribution in [3.63, 3.8) is 0 Å². The van der Waals surface area contributed by atoms with Crippen LogP contribution in [-0.4, -0.2) is 47.8 Å². The highest BCUT2D eigenvalue weighted by Crippen LogP contribution is 2.46. The number of carbonyl (C=O) groups excluding carboxylic acids is 4. The number of nitrogens with zero attached hydrogens (tertiary/aromatic N) is 2. The maximum atomic E-state index is 15.4. The van der Waals surface area contributed by atoms with E-state index in [-0.39, 0.29) is 41.1 Å². The number of carbonyl (C=O) groups is 4. The molecule has 2 aromatic rings. The van der Waals surface area contributed by atoms with Crippen LogP contribution in [0.4, 0.5) is 20.6 Å². The van der Waals surface area contributed by atoms with Crippen LogP contribution in [0.15, 0.2) is 30.3 Å². The Morgan fingerprint density at radius 1 is 1.21 bits per heavy atom. The van der Waals surface area contributed by atoms with Crippen molar-refractivity contribution in [2.75, 3.05) is 23.3 Å². The molecule has 2 fully saturated rings. The number of halogens is 2. The summed E-state index contributed by atoms with van der Waals surface area (Å²) < 4.78 is 21.1. The van der Waals surface area contributed by atoms with Crippen LogP contribution < -0.4 is 16.0 Å². The van der Waals surface area contributed by atoms with E-state index in [0.29, 0.717) is 49.4 Å². The van der Waals surface area contributed by atoms with Crippen molar-refractivity contribution in [3.8, 4) is 0 Å². The van der Waals surface area contributed by atoms with E-state index >= 15 is 4.39 Å². The molecule has 3 aliphatic heterocycles. The molecule has 9 nitrogen and oxygen atoms in total. The number of amides is 4. The van der Waals surface area contributed by atoms with Crippen LogP contribution in [0.5, 0.6) is 0 Å². The van der Waals surface area contributed by atoms with Crippen molar-refractivity contribution >= 4 is 46.8 Å². The Bertz CT molecular complexity index is 1410. The molecule has 0 unspecified atom stereocenters. The molecule has 3 heterocycles. The number of rotatable bonds is 5. The van der Waals surface area contributed by atoms with Gasteiger partial charge in [-0.15, -0.1) is 0 Å². The third-order valence-corrected chi connectivity index (χ3v) is 8.48. The van der Waals surface area contributed by atoms with Crippen LogP contribution in [0.2, 0.25) is 5.02 Å². The van der Waals surface area contributed by atoms with E-state index in [0.717, 1.165) is 18.4 Å². The number of benzene rings is 2. The summed E-state index contributed by atoms with van der Waals surface area (Å²) in [4.78, 5) is 54.9. The van der Waals surface area contributed by atoms with Gasteiger partial charge in [0.05, 0.1) is 22.8 Å². The molecule has 1 saturated heterocycles. The van der Waals surface area contributed by atoms with Crippen molar-refractivity contribution in [1.82, 2.24) is 4.90 Å². The van der Waals surface area contributed by atoms with Gasteiger partial charge in [-0.25, -0.2) is 9.18 Å². The van der Waals surface area contributed by atoms with E-state index in [9.17, 15) is 19.2 Å². The van der Waals surface area contributed by atoms with Crippen molar-refractivity contribution < 1.29 is 28.3 Å². The number of primary amides is 1. The summed E-state index contributed by atoms with van der Waals surface area (Å²) in [5, 5.41) is 2.43.